The molecule has 90 valence electrons. The molecule has 18 heavy (non-hydrogen) atoms. The second kappa shape index (κ2) is 3.99. The molecular formula is C11H9AsN4O2. The Morgan fingerprint density at radius 3 is 2.94 bits per heavy atom. The number of carboxylic acids is 1. The number of imidazole rings is 1. The number of nitrogens with zero attached hydrogens (tertiary/aromatic N) is 2. The molecule has 3 rings (SSSR count). The number of carboxylic acid groups (broad SMARTS) is 1. The van der Waals surface area contributed by atoms with Gasteiger partial charge in [0.15, 0.2) is 0 Å². The van der Waals surface area contributed by atoms with Gasteiger partial charge in [-0.15, -0.1) is 0 Å². The number of carbonyl (C=O) groups is 1. The number of aromatic amines is 2. The van der Waals surface area contributed by atoms with Crippen LogP contribution in [0.3, 0.4) is 0 Å². The molecule has 0 aliphatic carbocycles. The molecule has 0 aliphatic heterocycles. The SMILES string of the molecule is O=C(O)c1cnc(-c2ccc3[nH]nc([AsH2])c3c2)[nH]1. The Hall–Kier alpha value is -2.07. The fourth-order valence-corrected chi connectivity index (χ4v) is 2.39. The maximum absolute atomic E-state index is 10.8. The van der Waals surface area contributed by atoms with Gasteiger partial charge in [0.1, 0.15) is 0 Å². The molecule has 3 aromatic rings. The van der Waals surface area contributed by atoms with E-state index in [9.17, 15) is 4.79 Å². The van der Waals surface area contributed by atoms with Crippen LogP contribution in [0.15, 0.2) is 24.4 Å². The number of hydrogen-bond donors (Lipinski definition) is 3. The van der Waals surface area contributed by atoms with Crippen molar-refractivity contribution >= 4 is 38.2 Å². The second-order valence-electron chi connectivity index (χ2n) is 3.82. The first-order valence-electron chi connectivity index (χ1n) is 5.17. The van der Waals surface area contributed by atoms with Crippen molar-refractivity contribution in [2.45, 2.75) is 0 Å². The summed E-state index contributed by atoms with van der Waals surface area (Å²) < 4.78 is 0.962. The molecule has 2 aromatic heterocycles. The van der Waals surface area contributed by atoms with E-state index >= 15 is 0 Å². The maximum atomic E-state index is 10.8. The summed E-state index contributed by atoms with van der Waals surface area (Å²) >= 11 is 1.44. The van der Waals surface area contributed by atoms with Gasteiger partial charge in [0.25, 0.3) is 0 Å². The van der Waals surface area contributed by atoms with E-state index in [1.807, 2.05) is 18.2 Å². The summed E-state index contributed by atoms with van der Waals surface area (Å²) in [6.45, 7) is 0. The summed E-state index contributed by atoms with van der Waals surface area (Å²) in [5.41, 5.74) is 1.89. The van der Waals surface area contributed by atoms with E-state index in [-0.39, 0.29) is 5.69 Å². The van der Waals surface area contributed by atoms with Crippen LogP contribution in [0.5, 0.6) is 0 Å². The van der Waals surface area contributed by atoms with Gasteiger partial charge in [-0.05, 0) is 0 Å². The normalized spacial score (nSPS) is 10.9. The van der Waals surface area contributed by atoms with Gasteiger partial charge < -0.3 is 0 Å². The third-order valence-corrected chi connectivity index (χ3v) is 3.60. The van der Waals surface area contributed by atoms with Crippen molar-refractivity contribution < 1.29 is 9.90 Å². The summed E-state index contributed by atoms with van der Waals surface area (Å²) in [6.07, 6.45) is 1.31. The number of rotatable bonds is 2. The molecule has 1 unspecified atom stereocenters. The van der Waals surface area contributed by atoms with Gasteiger partial charge in [-0.3, -0.25) is 0 Å². The fourth-order valence-electron chi connectivity index (χ4n) is 1.76. The summed E-state index contributed by atoms with van der Waals surface area (Å²) in [6, 6.07) is 5.72. The summed E-state index contributed by atoms with van der Waals surface area (Å²) in [5, 5.41) is 16.9. The van der Waals surface area contributed by atoms with Gasteiger partial charge in [-0.2, -0.15) is 0 Å². The predicted molar refractivity (Wildman–Crippen MR) is 68.8 cm³/mol. The number of fused-ring (bicyclic) bond motifs is 1. The van der Waals surface area contributed by atoms with E-state index in [2.05, 4.69) is 20.2 Å². The summed E-state index contributed by atoms with van der Waals surface area (Å²) in [7, 11) is 0. The fraction of sp³-hybridized carbons (Fsp3) is 0. The van der Waals surface area contributed by atoms with Crippen LogP contribution in [0, 0.1) is 0 Å². The van der Waals surface area contributed by atoms with Crippen LogP contribution in [0.2, 0.25) is 0 Å². The van der Waals surface area contributed by atoms with E-state index in [1.165, 1.54) is 23.0 Å². The Morgan fingerprint density at radius 2 is 2.22 bits per heavy atom. The minimum atomic E-state index is -1.02. The molecule has 0 saturated heterocycles. The average molecular weight is 304 g/mol. The number of benzene rings is 1. The molecule has 0 saturated carbocycles. The molecule has 7 heteroatoms. The third-order valence-electron chi connectivity index (χ3n) is 2.67. The Balaban J connectivity index is 2.12. The summed E-state index contributed by atoms with van der Waals surface area (Å²) in [4.78, 5) is 17.6. The number of H-pyrrole nitrogens is 2. The van der Waals surface area contributed by atoms with Crippen LogP contribution < -0.4 is 4.48 Å². The zero-order valence-corrected chi connectivity index (χ0v) is 11.6. The molecule has 0 fully saturated rings. The van der Waals surface area contributed by atoms with Crippen molar-refractivity contribution in [3.05, 3.63) is 30.1 Å². The van der Waals surface area contributed by atoms with Gasteiger partial charge in [0.2, 0.25) is 0 Å². The minimum absolute atomic E-state index is 0.0817. The van der Waals surface area contributed by atoms with Gasteiger partial charge >= 0.3 is 110 Å². The third kappa shape index (κ3) is 1.71. The molecule has 0 amide bonds. The van der Waals surface area contributed by atoms with Crippen LogP contribution in [0.25, 0.3) is 22.3 Å². The van der Waals surface area contributed by atoms with Crippen molar-refractivity contribution in [2.24, 2.45) is 0 Å². The van der Waals surface area contributed by atoms with Crippen molar-refractivity contribution in [1.82, 2.24) is 20.2 Å². The number of aromatic carboxylic acids is 1. The van der Waals surface area contributed by atoms with E-state index < -0.39 is 5.97 Å². The molecular weight excluding hydrogens is 295 g/mol. The van der Waals surface area contributed by atoms with E-state index in [1.54, 1.807) is 0 Å². The quantitative estimate of drug-likeness (QED) is 0.577. The molecule has 0 radical (unpaired) electrons. The molecule has 0 bridgehead atoms. The van der Waals surface area contributed by atoms with Crippen LogP contribution >= 0.6 is 0 Å². The first kappa shape index (κ1) is 11.0. The molecule has 2 heterocycles. The Kier molecular flexibility index (Phi) is 2.45. The van der Waals surface area contributed by atoms with Crippen molar-refractivity contribution in [3.63, 3.8) is 0 Å². The average Bonchev–Trinajstić information content (AvgIpc) is 2.96. The number of nitrogens with one attached hydrogen (secondary N) is 2. The number of aromatic nitrogens is 4. The topological polar surface area (TPSA) is 94.7 Å². The number of hydrogen-bond acceptors (Lipinski definition) is 3. The summed E-state index contributed by atoms with van der Waals surface area (Å²) in [5.74, 6) is -0.472. The van der Waals surface area contributed by atoms with Crippen LogP contribution in [-0.2, 0) is 0 Å². The molecule has 3 N–H and O–H groups in total. The van der Waals surface area contributed by atoms with Gasteiger partial charge in [-0.25, -0.2) is 0 Å². The van der Waals surface area contributed by atoms with Gasteiger partial charge in [-0.1, -0.05) is 0 Å². The van der Waals surface area contributed by atoms with Crippen LogP contribution in [0.4, 0.5) is 0 Å². The second-order valence-corrected chi connectivity index (χ2v) is 4.97. The van der Waals surface area contributed by atoms with Gasteiger partial charge in [0, 0.05) is 0 Å². The molecule has 1 aromatic carbocycles. The molecule has 0 aliphatic rings. The van der Waals surface area contributed by atoms with Crippen molar-refractivity contribution in [1.29, 1.82) is 0 Å². The van der Waals surface area contributed by atoms with E-state index in [0.29, 0.717) is 5.82 Å². The molecule has 6 nitrogen and oxygen atoms in total. The molecule has 1 atom stereocenters. The zero-order valence-electron chi connectivity index (χ0n) is 9.14. The van der Waals surface area contributed by atoms with E-state index in [4.69, 9.17) is 5.11 Å². The first-order chi connectivity index (χ1) is 8.65. The first-order valence-corrected chi connectivity index (χ1v) is 6.38. The molecule has 0 spiro atoms. The van der Waals surface area contributed by atoms with Crippen molar-refractivity contribution in [3.8, 4) is 11.4 Å². The van der Waals surface area contributed by atoms with E-state index in [0.717, 1.165) is 20.9 Å². The monoisotopic (exact) mass is 304 g/mol. The predicted octanol–water partition coefficient (Wildman–Crippen LogP) is -0.0904. The Bertz CT molecular complexity index is 746. The van der Waals surface area contributed by atoms with Crippen LogP contribution in [-0.4, -0.2) is 48.1 Å². The van der Waals surface area contributed by atoms with Crippen LogP contribution in [0.1, 0.15) is 10.5 Å². The van der Waals surface area contributed by atoms with Gasteiger partial charge in [0.05, 0.1) is 0 Å². The van der Waals surface area contributed by atoms with Crippen molar-refractivity contribution in [2.75, 3.05) is 0 Å². The zero-order chi connectivity index (χ0) is 12.7. The standard InChI is InChI=1S/C11H9AsN4O2/c12-9-6-3-5(1-2-7(6)15-16-9)10-13-4-8(14-10)11(17)18/h1-4H,12H2,(H,13,14)(H,15,16)(H,17,18). The Morgan fingerprint density at radius 1 is 1.39 bits per heavy atom. The Labute approximate surface area is 110 Å².